The number of H-pyrrole nitrogens is 1. The van der Waals surface area contributed by atoms with Gasteiger partial charge in [-0.2, -0.15) is 18.3 Å². The van der Waals surface area contributed by atoms with E-state index in [1.165, 1.54) is 0 Å². The van der Waals surface area contributed by atoms with Crippen LogP contribution in [0.15, 0.2) is 24.5 Å². The van der Waals surface area contributed by atoms with Crippen LogP contribution in [0.3, 0.4) is 0 Å². The number of primary amides is 1. The molecule has 1 aromatic heterocycles. The van der Waals surface area contributed by atoms with E-state index in [1.807, 2.05) is 0 Å². The standard InChI is InChI=1S/C8H7F3N4O/c9-8(10,11)5-2-1-3-14-15-7(6(12)16)13-4-5/h1-4H,(H2,12,16)(H,13,15). The van der Waals surface area contributed by atoms with E-state index in [-0.39, 0.29) is 0 Å². The lowest BCUT2D eigenvalue weighted by atomic mass is 10.3. The topological polar surface area (TPSA) is 84.7 Å². The van der Waals surface area contributed by atoms with Gasteiger partial charge in [-0.1, -0.05) is 0 Å². The van der Waals surface area contributed by atoms with Crippen molar-refractivity contribution in [1.29, 1.82) is 0 Å². The number of hydrogen-bond acceptors (Lipinski definition) is 3. The van der Waals surface area contributed by atoms with E-state index in [1.54, 1.807) is 0 Å². The van der Waals surface area contributed by atoms with E-state index in [9.17, 15) is 18.0 Å². The number of hydrogen-bond donors (Lipinski definition) is 2. The normalized spacial score (nSPS) is 10.7. The second-order valence-corrected chi connectivity index (χ2v) is 2.67. The molecule has 1 aromatic rings. The summed E-state index contributed by atoms with van der Waals surface area (Å²) in [6, 6.07) is 1.84. The van der Waals surface area contributed by atoms with Gasteiger partial charge >= 0.3 is 6.18 Å². The molecule has 0 saturated carbocycles. The predicted molar refractivity (Wildman–Crippen MR) is 47.5 cm³/mol. The molecule has 0 bridgehead atoms. The molecule has 86 valence electrons. The van der Waals surface area contributed by atoms with Crippen molar-refractivity contribution in [1.82, 2.24) is 15.2 Å². The van der Waals surface area contributed by atoms with Crippen LogP contribution in [0.25, 0.3) is 0 Å². The highest BCUT2D eigenvalue weighted by Crippen LogP contribution is 2.27. The first-order valence-corrected chi connectivity index (χ1v) is 4.02. The lowest BCUT2D eigenvalue weighted by Gasteiger charge is -2.02. The summed E-state index contributed by atoms with van der Waals surface area (Å²) in [7, 11) is 0. The van der Waals surface area contributed by atoms with E-state index in [2.05, 4.69) is 15.2 Å². The van der Waals surface area contributed by atoms with Gasteiger partial charge in [-0.25, -0.2) is 4.98 Å². The van der Waals surface area contributed by atoms with Crippen molar-refractivity contribution in [3.63, 3.8) is 0 Å². The number of aromatic nitrogens is 3. The van der Waals surface area contributed by atoms with Crippen molar-refractivity contribution in [2.24, 2.45) is 5.73 Å². The van der Waals surface area contributed by atoms with Crippen LogP contribution in [0.4, 0.5) is 13.2 Å². The summed E-state index contributed by atoms with van der Waals surface area (Å²) in [5, 5.41) is 5.53. The third kappa shape index (κ3) is 3.23. The van der Waals surface area contributed by atoms with Gasteiger partial charge in [-0.15, -0.1) is 0 Å². The maximum Gasteiger partial charge on any atom is 0.417 e. The number of rotatable bonds is 1. The molecule has 1 amide bonds. The zero-order valence-corrected chi connectivity index (χ0v) is 7.82. The Morgan fingerprint density at radius 1 is 1.44 bits per heavy atom. The Morgan fingerprint density at radius 2 is 2.12 bits per heavy atom. The van der Waals surface area contributed by atoms with Crippen molar-refractivity contribution in [2.75, 3.05) is 0 Å². The van der Waals surface area contributed by atoms with E-state index >= 15 is 0 Å². The quantitative estimate of drug-likeness (QED) is 0.758. The Bertz CT molecular complexity index is 439. The monoisotopic (exact) mass is 232 g/mol. The molecular weight excluding hydrogens is 225 g/mol. The summed E-state index contributed by atoms with van der Waals surface area (Å²) in [6.07, 6.45) is -3.01. The molecule has 0 unspecified atom stereocenters. The van der Waals surface area contributed by atoms with Crippen molar-refractivity contribution in [2.45, 2.75) is 6.18 Å². The summed E-state index contributed by atoms with van der Waals surface area (Å²) in [6.45, 7) is 0. The number of halogens is 3. The first-order chi connectivity index (χ1) is 7.41. The number of aromatic amines is 1. The second kappa shape index (κ2) is 4.60. The molecule has 0 aliphatic rings. The molecule has 1 rings (SSSR count). The number of nitrogens with zero attached hydrogens (tertiary/aromatic N) is 2. The first-order valence-electron chi connectivity index (χ1n) is 4.02. The number of nitrogens with two attached hydrogens (primary N) is 1. The zero-order chi connectivity index (χ0) is 12.2. The zero-order valence-electron chi connectivity index (χ0n) is 7.82. The molecule has 0 aliphatic carbocycles. The van der Waals surface area contributed by atoms with Gasteiger partial charge in [0.15, 0.2) is 0 Å². The first kappa shape index (κ1) is 12.0. The van der Waals surface area contributed by atoms with Crippen molar-refractivity contribution in [3.8, 4) is 0 Å². The highest BCUT2D eigenvalue weighted by atomic mass is 19.4. The fourth-order valence-electron chi connectivity index (χ4n) is 0.781. The van der Waals surface area contributed by atoms with Crippen LogP contribution in [0, 0.1) is 0 Å². The Balaban J connectivity index is 3.37. The van der Waals surface area contributed by atoms with Crippen LogP contribution in [-0.2, 0) is 6.18 Å². The number of carbonyl (C=O) groups excluding carboxylic acids is 1. The highest BCUT2D eigenvalue weighted by Gasteiger charge is 2.30. The van der Waals surface area contributed by atoms with E-state index in [0.29, 0.717) is 6.20 Å². The van der Waals surface area contributed by atoms with E-state index < -0.39 is 23.5 Å². The van der Waals surface area contributed by atoms with Crippen molar-refractivity contribution >= 4 is 5.91 Å². The molecule has 8 heteroatoms. The minimum atomic E-state index is -4.55. The molecule has 0 spiro atoms. The Morgan fingerprint density at radius 3 is 2.69 bits per heavy atom. The lowest BCUT2D eigenvalue weighted by Crippen LogP contribution is -2.14. The number of carbonyl (C=O) groups is 1. The van der Waals surface area contributed by atoms with E-state index in [0.717, 1.165) is 18.3 Å². The molecule has 0 aliphatic heterocycles. The van der Waals surface area contributed by atoms with Gasteiger partial charge in [-0.3, -0.25) is 9.89 Å². The fourth-order valence-corrected chi connectivity index (χ4v) is 0.781. The van der Waals surface area contributed by atoms with Crippen LogP contribution in [0.1, 0.15) is 16.2 Å². The molecular formula is C8H7F3N4O. The average Bonchev–Trinajstić information content (AvgIpc) is 2.26. The molecule has 16 heavy (non-hydrogen) atoms. The third-order valence-corrected chi connectivity index (χ3v) is 1.50. The molecule has 0 aromatic carbocycles. The maximum absolute atomic E-state index is 12.3. The van der Waals surface area contributed by atoms with Gasteiger partial charge in [0.05, 0.1) is 5.56 Å². The van der Waals surface area contributed by atoms with Crippen LogP contribution < -0.4 is 5.73 Å². The summed E-state index contributed by atoms with van der Waals surface area (Å²) >= 11 is 0. The smallest absolute Gasteiger partial charge is 0.363 e. The molecule has 0 fully saturated rings. The summed E-state index contributed by atoms with van der Waals surface area (Å²) in [5.41, 5.74) is 3.84. The number of amides is 1. The Labute approximate surface area is 87.8 Å². The average molecular weight is 232 g/mol. The highest BCUT2D eigenvalue weighted by molar-refractivity contribution is 5.88. The Kier molecular flexibility index (Phi) is 3.44. The van der Waals surface area contributed by atoms with Crippen molar-refractivity contribution in [3.05, 3.63) is 35.9 Å². The second-order valence-electron chi connectivity index (χ2n) is 2.67. The molecule has 3 N–H and O–H groups in total. The van der Waals surface area contributed by atoms with Gasteiger partial charge in [0.1, 0.15) is 0 Å². The Hall–Kier alpha value is -2.12. The molecule has 0 radical (unpaired) electrons. The summed E-state index contributed by atoms with van der Waals surface area (Å²) in [4.78, 5) is 14.0. The molecule has 5 nitrogen and oxygen atoms in total. The number of alkyl halides is 3. The maximum atomic E-state index is 12.3. The summed E-state index contributed by atoms with van der Waals surface area (Å²) < 4.78 is 37.0. The van der Waals surface area contributed by atoms with Gasteiger partial charge in [0.2, 0.25) is 5.82 Å². The molecule has 1 heterocycles. The minimum Gasteiger partial charge on any atom is -0.363 e. The van der Waals surface area contributed by atoms with Gasteiger partial charge < -0.3 is 5.73 Å². The van der Waals surface area contributed by atoms with Gasteiger partial charge in [0.25, 0.3) is 5.91 Å². The fraction of sp³-hybridized carbons (Fsp3) is 0.125. The minimum absolute atomic E-state index is 0.471. The van der Waals surface area contributed by atoms with Crippen LogP contribution in [0.5, 0.6) is 0 Å². The SMILES string of the molecule is NC(=O)c1ncc(C(F)(F)F)cccn[nH]1. The van der Waals surface area contributed by atoms with Gasteiger partial charge in [-0.05, 0) is 12.1 Å². The molecule has 0 atom stereocenters. The van der Waals surface area contributed by atoms with Crippen molar-refractivity contribution < 1.29 is 18.0 Å². The number of nitrogens with one attached hydrogen (secondary N) is 1. The lowest BCUT2D eigenvalue weighted by molar-refractivity contribution is -0.137. The van der Waals surface area contributed by atoms with Crippen LogP contribution >= 0.6 is 0 Å². The summed E-state index contributed by atoms with van der Waals surface area (Å²) in [5.74, 6) is -1.47. The van der Waals surface area contributed by atoms with Crippen LogP contribution in [0.2, 0.25) is 0 Å². The molecule has 0 saturated heterocycles. The predicted octanol–water partition coefficient (Wildman–Crippen LogP) is 1.05. The van der Waals surface area contributed by atoms with Gasteiger partial charge in [0, 0.05) is 12.4 Å². The largest absolute Gasteiger partial charge is 0.417 e. The van der Waals surface area contributed by atoms with E-state index in [4.69, 9.17) is 5.73 Å². The third-order valence-electron chi connectivity index (χ3n) is 1.50. The van der Waals surface area contributed by atoms with Crippen LogP contribution in [-0.4, -0.2) is 21.1 Å².